The molecule has 0 saturated heterocycles. The number of aryl methyl sites for hydroxylation is 1. The number of carbonyl (C=O) groups is 2. The van der Waals surface area contributed by atoms with Gasteiger partial charge in [-0.25, -0.2) is 4.79 Å². The molecule has 0 aromatic heterocycles. The van der Waals surface area contributed by atoms with Crippen LogP contribution in [0.5, 0.6) is 11.5 Å². The van der Waals surface area contributed by atoms with E-state index in [-0.39, 0.29) is 23.6 Å². The summed E-state index contributed by atoms with van der Waals surface area (Å²) in [6.45, 7) is 8.10. The highest BCUT2D eigenvalue weighted by Crippen LogP contribution is 2.37. The molecular weight excluding hydrogens is 356 g/mol. The summed E-state index contributed by atoms with van der Waals surface area (Å²) in [6, 6.07) is 11.2. The highest BCUT2D eigenvalue weighted by molar-refractivity contribution is 6.15. The van der Waals surface area contributed by atoms with Crippen LogP contribution in [-0.2, 0) is 14.9 Å². The number of esters is 1. The Morgan fingerprint density at radius 2 is 1.82 bits per heavy atom. The standard InChI is InChI=1S/C23H24O5/c1-14-10-17(27-20(24)13-26-5)12-18-21(14)22(25)19(28-18)11-15-6-8-16(9-7-15)23(2,3)4/h6-12H,13H2,1-5H3/b19-11-. The van der Waals surface area contributed by atoms with Crippen LogP contribution >= 0.6 is 0 Å². The summed E-state index contributed by atoms with van der Waals surface area (Å²) in [5.41, 5.74) is 3.34. The lowest BCUT2D eigenvalue weighted by Crippen LogP contribution is -2.14. The second-order valence-electron chi connectivity index (χ2n) is 7.83. The van der Waals surface area contributed by atoms with Crippen LogP contribution in [0.25, 0.3) is 6.08 Å². The van der Waals surface area contributed by atoms with Crippen LogP contribution in [-0.4, -0.2) is 25.5 Å². The van der Waals surface area contributed by atoms with Crippen molar-refractivity contribution in [2.75, 3.05) is 13.7 Å². The van der Waals surface area contributed by atoms with Gasteiger partial charge in [-0.3, -0.25) is 4.79 Å². The smallest absolute Gasteiger partial charge is 0.337 e. The lowest BCUT2D eigenvalue weighted by molar-refractivity contribution is -0.138. The fourth-order valence-corrected chi connectivity index (χ4v) is 3.05. The number of hydrogen-bond donors (Lipinski definition) is 0. The summed E-state index contributed by atoms with van der Waals surface area (Å²) >= 11 is 0. The van der Waals surface area contributed by atoms with Crippen molar-refractivity contribution < 1.29 is 23.8 Å². The van der Waals surface area contributed by atoms with E-state index in [1.54, 1.807) is 25.1 Å². The summed E-state index contributed by atoms with van der Waals surface area (Å²) in [5, 5.41) is 0. The van der Waals surface area contributed by atoms with Gasteiger partial charge in [0.05, 0.1) is 5.56 Å². The van der Waals surface area contributed by atoms with E-state index < -0.39 is 5.97 Å². The Kier molecular flexibility index (Phi) is 5.38. The number of rotatable bonds is 4. The lowest BCUT2D eigenvalue weighted by atomic mass is 9.86. The summed E-state index contributed by atoms with van der Waals surface area (Å²) < 4.78 is 15.8. The summed E-state index contributed by atoms with van der Waals surface area (Å²) in [5.74, 6) is 0.273. The topological polar surface area (TPSA) is 61.8 Å². The van der Waals surface area contributed by atoms with E-state index in [0.717, 1.165) is 5.56 Å². The minimum absolute atomic E-state index is 0.0648. The third-order valence-electron chi connectivity index (χ3n) is 4.51. The van der Waals surface area contributed by atoms with Gasteiger partial charge in [-0.1, -0.05) is 45.0 Å². The van der Waals surface area contributed by atoms with Crippen LogP contribution in [0.15, 0.2) is 42.2 Å². The monoisotopic (exact) mass is 380 g/mol. The van der Waals surface area contributed by atoms with Crippen molar-refractivity contribution in [3.8, 4) is 11.5 Å². The number of ketones is 1. The molecule has 1 heterocycles. The molecule has 0 atom stereocenters. The molecule has 0 saturated carbocycles. The van der Waals surface area contributed by atoms with E-state index >= 15 is 0 Å². The molecule has 5 heteroatoms. The van der Waals surface area contributed by atoms with Crippen LogP contribution in [0, 0.1) is 6.92 Å². The van der Waals surface area contributed by atoms with E-state index in [1.165, 1.54) is 12.7 Å². The normalized spacial score (nSPS) is 14.8. The average molecular weight is 380 g/mol. The zero-order chi connectivity index (χ0) is 20.5. The molecule has 0 N–H and O–H groups in total. The van der Waals surface area contributed by atoms with E-state index in [4.69, 9.17) is 14.2 Å². The molecule has 3 rings (SSSR count). The van der Waals surface area contributed by atoms with Crippen LogP contribution in [0.2, 0.25) is 0 Å². The molecule has 0 radical (unpaired) electrons. The highest BCUT2D eigenvalue weighted by atomic mass is 16.6. The lowest BCUT2D eigenvalue weighted by Gasteiger charge is -2.18. The molecule has 0 fully saturated rings. The maximum atomic E-state index is 12.8. The van der Waals surface area contributed by atoms with E-state index in [0.29, 0.717) is 22.6 Å². The molecule has 1 aliphatic heterocycles. The number of hydrogen-bond acceptors (Lipinski definition) is 5. The summed E-state index contributed by atoms with van der Waals surface area (Å²) in [7, 11) is 1.42. The minimum Gasteiger partial charge on any atom is -0.452 e. The fourth-order valence-electron chi connectivity index (χ4n) is 3.05. The quantitative estimate of drug-likeness (QED) is 0.445. The van der Waals surface area contributed by atoms with Crippen LogP contribution < -0.4 is 9.47 Å². The molecule has 28 heavy (non-hydrogen) atoms. The first-order valence-corrected chi connectivity index (χ1v) is 9.08. The van der Waals surface area contributed by atoms with Gasteiger partial charge in [0, 0.05) is 13.2 Å². The molecule has 0 unspecified atom stereocenters. The van der Waals surface area contributed by atoms with Gasteiger partial charge in [0.1, 0.15) is 18.1 Å². The number of carbonyl (C=O) groups excluding carboxylic acids is 2. The molecular formula is C23H24O5. The minimum atomic E-state index is -0.513. The summed E-state index contributed by atoms with van der Waals surface area (Å²) in [6.07, 6.45) is 1.73. The van der Waals surface area contributed by atoms with E-state index in [2.05, 4.69) is 32.9 Å². The Hall–Kier alpha value is -2.92. The predicted molar refractivity (Wildman–Crippen MR) is 107 cm³/mol. The number of methoxy groups -OCH3 is 1. The Balaban J connectivity index is 1.85. The molecule has 0 spiro atoms. The van der Waals surface area contributed by atoms with Gasteiger partial charge in [-0.15, -0.1) is 0 Å². The van der Waals surface area contributed by atoms with Crippen LogP contribution in [0.3, 0.4) is 0 Å². The Labute approximate surface area is 164 Å². The van der Waals surface area contributed by atoms with Crippen molar-refractivity contribution >= 4 is 17.8 Å². The zero-order valence-corrected chi connectivity index (χ0v) is 16.8. The largest absolute Gasteiger partial charge is 0.452 e. The third-order valence-corrected chi connectivity index (χ3v) is 4.51. The van der Waals surface area contributed by atoms with Gasteiger partial charge in [0.15, 0.2) is 5.76 Å². The average Bonchev–Trinajstić information content (AvgIpc) is 2.90. The fraction of sp³-hybridized carbons (Fsp3) is 0.304. The van der Waals surface area contributed by atoms with Crippen LogP contribution in [0.4, 0.5) is 0 Å². The van der Waals surface area contributed by atoms with Crippen molar-refractivity contribution in [1.82, 2.24) is 0 Å². The molecule has 5 nitrogen and oxygen atoms in total. The molecule has 0 aliphatic carbocycles. The predicted octanol–water partition coefficient (Wildman–Crippen LogP) is 4.46. The first kappa shape index (κ1) is 19.8. The van der Waals surface area contributed by atoms with Gasteiger partial charge < -0.3 is 14.2 Å². The second-order valence-corrected chi connectivity index (χ2v) is 7.83. The number of allylic oxidation sites excluding steroid dienone is 1. The van der Waals surface area contributed by atoms with Gasteiger partial charge in [0.2, 0.25) is 5.78 Å². The maximum absolute atomic E-state index is 12.8. The second kappa shape index (κ2) is 7.60. The molecule has 2 aromatic rings. The van der Waals surface area contributed by atoms with Crippen molar-refractivity contribution in [1.29, 1.82) is 0 Å². The van der Waals surface area contributed by atoms with E-state index in [1.807, 2.05) is 12.1 Å². The van der Waals surface area contributed by atoms with Crippen molar-refractivity contribution in [2.24, 2.45) is 0 Å². The zero-order valence-electron chi connectivity index (χ0n) is 16.8. The Bertz CT molecular complexity index is 946. The van der Waals surface area contributed by atoms with E-state index in [9.17, 15) is 9.59 Å². The first-order valence-electron chi connectivity index (χ1n) is 9.08. The molecule has 2 aromatic carbocycles. The highest BCUT2D eigenvalue weighted by Gasteiger charge is 2.30. The molecule has 146 valence electrons. The van der Waals surface area contributed by atoms with Gasteiger partial charge in [0.25, 0.3) is 0 Å². The SMILES string of the molecule is COCC(=O)Oc1cc(C)c2c(c1)O/C(=C\c1ccc(C(C)(C)C)cc1)C2=O. The third kappa shape index (κ3) is 4.15. The number of fused-ring (bicyclic) bond motifs is 1. The molecule has 0 bridgehead atoms. The van der Waals surface area contributed by atoms with Crippen molar-refractivity contribution in [3.63, 3.8) is 0 Å². The number of benzene rings is 2. The molecule has 0 amide bonds. The van der Waals surface area contributed by atoms with Gasteiger partial charge in [-0.2, -0.15) is 0 Å². The van der Waals surface area contributed by atoms with Crippen LogP contribution in [0.1, 0.15) is 47.8 Å². The maximum Gasteiger partial charge on any atom is 0.337 e. The molecule has 1 aliphatic rings. The number of ether oxygens (including phenoxy) is 3. The number of Topliss-reactive ketones (excluding diaryl/α,β-unsaturated/α-hetero) is 1. The first-order chi connectivity index (χ1) is 13.2. The Morgan fingerprint density at radius 3 is 2.43 bits per heavy atom. The van der Waals surface area contributed by atoms with Crippen molar-refractivity contribution in [3.05, 3.63) is 64.4 Å². The Morgan fingerprint density at radius 1 is 1.14 bits per heavy atom. The summed E-state index contributed by atoms with van der Waals surface area (Å²) in [4.78, 5) is 24.4. The van der Waals surface area contributed by atoms with Crippen molar-refractivity contribution in [2.45, 2.75) is 33.1 Å². The van der Waals surface area contributed by atoms with Gasteiger partial charge >= 0.3 is 5.97 Å². The van der Waals surface area contributed by atoms with Gasteiger partial charge in [-0.05, 0) is 41.2 Å².